The zero-order valence-electron chi connectivity index (χ0n) is 12.4. The van der Waals surface area contributed by atoms with E-state index in [-0.39, 0.29) is 5.91 Å². The van der Waals surface area contributed by atoms with E-state index in [2.05, 4.69) is 12.2 Å². The average molecular weight is 308 g/mol. The molecule has 0 aromatic heterocycles. The van der Waals surface area contributed by atoms with E-state index >= 15 is 0 Å². The SMILES string of the molecule is CCCC(CCN)CCC(=O)Nc1ccc(C#N)cc1Cl. The Morgan fingerprint density at radius 3 is 2.76 bits per heavy atom. The Balaban J connectivity index is 2.52. The molecule has 1 unspecified atom stereocenters. The van der Waals surface area contributed by atoms with E-state index < -0.39 is 0 Å². The fourth-order valence-electron chi connectivity index (χ4n) is 2.31. The van der Waals surface area contributed by atoms with Crippen molar-refractivity contribution in [2.75, 3.05) is 11.9 Å². The molecule has 0 bridgehead atoms. The second-order valence-electron chi connectivity index (χ2n) is 5.13. The number of carbonyl (C=O) groups excluding carboxylic acids is 1. The number of amides is 1. The van der Waals surface area contributed by atoms with E-state index in [0.29, 0.717) is 35.2 Å². The number of nitrogens with two attached hydrogens (primary N) is 1. The second-order valence-corrected chi connectivity index (χ2v) is 5.53. The van der Waals surface area contributed by atoms with Gasteiger partial charge in [0.15, 0.2) is 0 Å². The lowest BCUT2D eigenvalue weighted by Gasteiger charge is -2.15. The molecule has 5 heteroatoms. The lowest BCUT2D eigenvalue weighted by atomic mass is 9.94. The van der Waals surface area contributed by atoms with Crippen LogP contribution in [0.4, 0.5) is 5.69 Å². The van der Waals surface area contributed by atoms with Crippen LogP contribution in [0.3, 0.4) is 0 Å². The first-order valence-electron chi connectivity index (χ1n) is 7.30. The van der Waals surface area contributed by atoms with Gasteiger partial charge in [-0.1, -0.05) is 31.4 Å². The molecule has 1 aromatic rings. The predicted octanol–water partition coefficient (Wildman–Crippen LogP) is 3.70. The van der Waals surface area contributed by atoms with Crippen molar-refractivity contribution in [3.63, 3.8) is 0 Å². The van der Waals surface area contributed by atoms with E-state index in [9.17, 15) is 4.79 Å². The van der Waals surface area contributed by atoms with Crippen molar-refractivity contribution in [3.8, 4) is 6.07 Å². The number of benzene rings is 1. The molecule has 1 aromatic carbocycles. The number of nitrogens with one attached hydrogen (secondary N) is 1. The minimum absolute atomic E-state index is 0.0558. The molecule has 1 atom stereocenters. The maximum Gasteiger partial charge on any atom is 0.224 e. The molecule has 0 heterocycles. The smallest absolute Gasteiger partial charge is 0.224 e. The van der Waals surface area contributed by atoms with Crippen LogP contribution in [0.1, 0.15) is 44.6 Å². The van der Waals surface area contributed by atoms with Gasteiger partial charge in [0.1, 0.15) is 0 Å². The monoisotopic (exact) mass is 307 g/mol. The van der Waals surface area contributed by atoms with Gasteiger partial charge >= 0.3 is 0 Å². The molecule has 0 spiro atoms. The van der Waals surface area contributed by atoms with Crippen molar-refractivity contribution in [2.45, 2.75) is 39.0 Å². The number of nitriles is 1. The van der Waals surface area contributed by atoms with Crippen LogP contribution in [0, 0.1) is 17.2 Å². The normalized spacial score (nSPS) is 11.7. The summed E-state index contributed by atoms with van der Waals surface area (Å²) in [4.78, 5) is 12.0. The van der Waals surface area contributed by atoms with Gasteiger partial charge in [0, 0.05) is 6.42 Å². The standard InChI is InChI=1S/C16H22ClN3O/c1-2-3-12(8-9-18)5-7-16(21)20-15-6-4-13(11-19)10-14(15)17/h4,6,10,12H,2-3,5,7-9,18H2,1H3,(H,20,21). The van der Waals surface area contributed by atoms with Gasteiger partial charge in [0.25, 0.3) is 0 Å². The third-order valence-electron chi connectivity index (χ3n) is 3.42. The minimum atomic E-state index is -0.0558. The van der Waals surface area contributed by atoms with Crippen LogP contribution >= 0.6 is 11.6 Å². The Morgan fingerprint density at radius 1 is 1.43 bits per heavy atom. The molecular weight excluding hydrogens is 286 g/mol. The van der Waals surface area contributed by atoms with Crippen LogP contribution < -0.4 is 11.1 Å². The van der Waals surface area contributed by atoms with Gasteiger partial charge in [-0.05, 0) is 43.5 Å². The Kier molecular flexibility index (Phi) is 7.81. The molecule has 0 radical (unpaired) electrons. The average Bonchev–Trinajstić information content (AvgIpc) is 2.47. The number of hydrogen-bond acceptors (Lipinski definition) is 3. The van der Waals surface area contributed by atoms with Crippen LogP contribution in [-0.4, -0.2) is 12.5 Å². The van der Waals surface area contributed by atoms with Crippen LogP contribution in [0.5, 0.6) is 0 Å². The van der Waals surface area contributed by atoms with Crippen molar-refractivity contribution in [2.24, 2.45) is 11.7 Å². The molecular formula is C16H22ClN3O. The number of anilines is 1. The quantitative estimate of drug-likeness (QED) is 0.768. The highest BCUT2D eigenvalue weighted by atomic mass is 35.5. The van der Waals surface area contributed by atoms with Gasteiger partial charge in [-0.3, -0.25) is 4.79 Å². The number of nitrogens with zero attached hydrogens (tertiary/aromatic N) is 1. The van der Waals surface area contributed by atoms with E-state index in [4.69, 9.17) is 22.6 Å². The highest BCUT2D eigenvalue weighted by Crippen LogP contribution is 2.23. The zero-order valence-corrected chi connectivity index (χ0v) is 13.1. The van der Waals surface area contributed by atoms with Crippen molar-refractivity contribution in [3.05, 3.63) is 28.8 Å². The summed E-state index contributed by atoms with van der Waals surface area (Å²) >= 11 is 6.03. The van der Waals surface area contributed by atoms with Gasteiger partial charge in [0.2, 0.25) is 5.91 Å². The van der Waals surface area contributed by atoms with E-state index in [1.54, 1.807) is 18.2 Å². The third kappa shape index (κ3) is 6.16. The molecule has 1 amide bonds. The van der Waals surface area contributed by atoms with E-state index in [1.807, 2.05) is 6.07 Å². The summed E-state index contributed by atoms with van der Waals surface area (Å²) in [5.41, 5.74) is 6.62. The van der Waals surface area contributed by atoms with Crippen molar-refractivity contribution >= 4 is 23.2 Å². The fraction of sp³-hybridized carbons (Fsp3) is 0.500. The minimum Gasteiger partial charge on any atom is -0.330 e. The summed E-state index contributed by atoms with van der Waals surface area (Å²) in [5, 5.41) is 11.9. The van der Waals surface area contributed by atoms with Crippen molar-refractivity contribution in [1.82, 2.24) is 0 Å². The summed E-state index contributed by atoms with van der Waals surface area (Å²) in [5.74, 6) is 0.446. The summed E-state index contributed by atoms with van der Waals surface area (Å²) < 4.78 is 0. The van der Waals surface area contributed by atoms with Crippen molar-refractivity contribution < 1.29 is 4.79 Å². The molecule has 0 aliphatic heterocycles. The Morgan fingerprint density at radius 2 is 2.19 bits per heavy atom. The van der Waals surface area contributed by atoms with Gasteiger partial charge in [-0.15, -0.1) is 0 Å². The predicted molar refractivity (Wildman–Crippen MR) is 86.1 cm³/mol. The Bertz CT molecular complexity index is 505. The number of rotatable bonds is 8. The molecule has 114 valence electrons. The van der Waals surface area contributed by atoms with Crippen LogP contribution in [0.2, 0.25) is 5.02 Å². The van der Waals surface area contributed by atoms with E-state index in [0.717, 1.165) is 25.7 Å². The topological polar surface area (TPSA) is 78.9 Å². The van der Waals surface area contributed by atoms with Gasteiger partial charge < -0.3 is 11.1 Å². The number of hydrogen-bond donors (Lipinski definition) is 2. The summed E-state index contributed by atoms with van der Waals surface area (Å²) in [7, 11) is 0. The maximum absolute atomic E-state index is 12.0. The molecule has 21 heavy (non-hydrogen) atoms. The lowest BCUT2D eigenvalue weighted by molar-refractivity contribution is -0.116. The molecule has 0 saturated carbocycles. The summed E-state index contributed by atoms with van der Waals surface area (Å²) in [6, 6.07) is 6.84. The highest BCUT2D eigenvalue weighted by molar-refractivity contribution is 6.33. The first-order chi connectivity index (χ1) is 10.1. The number of carbonyl (C=O) groups is 1. The van der Waals surface area contributed by atoms with Crippen LogP contribution in [-0.2, 0) is 4.79 Å². The van der Waals surface area contributed by atoms with E-state index in [1.165, 1.54) is 0 Å². The molecule has 0 aliphatic carbocycles. The van der Waals surface area contributed by atoms with Gasteiger partial charge in [-0.25, -0.2) is 0 Å². The van der Waals surface area contributed by atoms with Gasteiger partial charge in [0.05, 0.1) is 22.3 Å². The van der Waals surface area contributed by atoms with Crippen LogP contribution in [0.25, 0.3) is 0 Å². The summed E-state index contributed by atoms with van der Waals surface area (Å²) in [6.45, 7) is 2.80. The molecule has 3 N–H and O–H groups in total. The molecule has 1 rings (SSSR count). The highest BCUT2D eigenvalue weighted by Gasteiger charge is 2.11. The lowest BCUT2D eigenvalue weighted by Crippen LogP contribution is -2.15. The number of halogens is 1. The second kappa shape index (κ2) is 9.38. The maximum atomic E-state index is 12.0. The third-order valence-corrected chi connectivity index (χ3v) is 3.74. The molecule has 0 fully saturated rings. The molecule has 0 saturated heterocycles. The molecule has 0 aliphatic rings. The first-order valence-corrected chi connectivity index (χ1v) is 7.68. The first kappa shape index (κ1) is 17.5. The largest absolute Gasteiger partial charge is 0.330 e. The molecule has 4 nitrogen and oxygen atoms in total. The Hall–Kier alpha value is -1.57. The summed E-state index contributed by atoms with van der Waals surface area (Å²) in [6.07, 6.45) is 4.46. The Labute approximate surface area is 131 Å². The van der Waals surface area contributed by atoms with Gasteiger partial charge in [-0.2, -0.15) is 5.26 Å². The van der Waals surface area contributed by atoms with Crippen LogP contribution in [0.15, 0.2) is 18.2 Å². The van der Waals surface area contributed by atoms with Crippen molar-refractivity contribution in [1.29, 1.82) is 5.26 Å². The zero-order chi connectivity index (χ0) is 15.7. The fourth-order valence-corrected chi connectivity index (χ4v) is 2.54.